The van der Waals surface area contributed by atoms with Crippen molar-refractivity contribution < 1.29 is 4.74 Å². The van der Waals surface area contributed by atoms with E-state index < -0.39 is 0 Å². The van der Waals surface area contributed by atoms with Gasteiger partial charge in [0.2, 0.25) is 0 Å². The van der Waals surface area contributed by atoms with Crippen molar-refractivity contribution in [3.05, 3.63) is 32.7 Å². The Bertz CT molecular complexity index is 564. The van der Waals surface area contributed by atoms with Crippen LogP contribution in [0.5, 0.6) is 5.75 Å². The predicted molar refractivity (Wildman–Crippen MR) is 79.2 cm³/mol. The molecule has 104 valence electrons. The molecule has 0 aromatic carbocycles. The molecule has 19 heavy (non-hydrogen) atoms. The average molecular weight is 300 g/mol. The molecule has 2 rings (SSSR count). The molecule has 1 atom stereocenters. The molecule has 0 saturated heterocycles. The maximum atomic E-state index is 6.31. The number of thiophene rings is 1. The fourth-order valence-electron chi connectivity index (χ4n) is 2.11. The summed E-state index contributed by atoms with van der Waals surface area (Å²) in [5.41, 5.74) is 8.12. The second kappa shape index (κ2) is 5.94. The van der Waals surface area contributed by atoms with Crippen LogP contribution in [-0.4, -0.2) is 16.9 Å². The lowest BCUT2D eigenvalue weighted by Gasteiger charge is -2.13. The normalized spacial score (nSPS) is 12.7. The van der Waals surface area contributed by atoms with Gasteiger partial charge in [0.05, 0.1) is 28.4 Å². The minimum Gasteiger partial charge on any atom is -0.496 e. The molecule has 0 radical (unpaired) electrons. The molecule has 0 amide bonds. The van der Waals surface area contributed by atoms with E-state index in [1.54, 1.807) is 18.4 Å². The summed E-state index contributed by atoms with van der Waals surface area (Å²) in [6.07, 6.45) is 0.657. The summed E-state index contributed by atoms with van der Waals surface area (Å²) in [6, 6.07) is 1.80. The van der Waals surface area contributed by atoms with Gasteiger partial charge in [-0.1, -0.05) is 11.6 Å². The molecule has 2 aromatic heterocycles. The van der Waals surface area contributed by atoms with Crippen LogP contribution in [0.15, 0.2) is 11.4 Å². The molecule has 2 heterocycles. The predicted octanol–water partition coefficient (Wildman–Crippen LogP) is 3.18. The third-order valence-corrected chi connectivity index (χ3v) is 4.60. The maximum Gasteiger partial charge on any atom is 0.134 e. The Labute approximate surface area is 122 Å². The van der Waals surface area contributed by atoms with E-state index in [1.165, 1.54) is 0 Å². The Kier molecular flexibility index (Phi) is 4.50. The topological polar surface area (TPSA) is 53.1 Å². The van der Waals surface area contributed by atoms with Gasteiger partial charge in [0.1, 0.15) is 5.75 Å². The number of rotatable bonds is 5. The van der Waals surface area contributed by atoms with Crippen molar-refractivity contribution in [2.75, 3.05) is 7.11 Å². The van der Waals surface area contributed by atoms with Gasteiger partial charge in [-0.15, -0.1) is 11.3 Å². The van der Waals surface area contributed by atoms with E-state index in [0.717, 1.165) is 28.6 Å². The average Bonchev–Trinajstić information content (AvgIpc) is 2.98. The van der Waals surface area contributed by atoms with Crippen LogP contribution in [0.25, 0.3) is 0 Å². The fourth-order valence-corrected chi connectivity index (χ4v) is 3.19. The number of aromatic nitrogens is 2. The Morgan fingerprint density at radius 2 is 2.32 bits per heavy atom. The highest BCUT2D eigenvalue weighted by Gasteiger charge is 2.19. The number of aryl methyl sites for hydroxylation is 2. The third-order valence-electron chi connectivity index (χ3n) is 3.08. The highest BCUT2D eigenvalue weighted by atomic mass is 35.5. The Balaban J connectivity index is 2.26. The molecular weight excluding hydrogens is 282 g/mol. The van der Waals surface area contributed by atoms with Crippen molar-refractivity contribution in [1.29, 1.82) is 0 Å². The molecular formula is C13H18ClN3OS. The molecule has 2 aromatic rings. The van der Waals surface area contributed by atoms with Crippen LogP contribution in [-0.2, 0) is 13.0 Å². The minimum absolute atomic E-state index is 0.131. The Morgan fingerprint density at radius 1 is 1.58 bits per heavy atom. The monoisotopic (exact) mass is 299 g/mol. The van der Waals surface area contributed by atoms with Gasteiger partial charge < -0.3 is 10.5 Å². The molecule has 6 heteroatoms. The zero-order valence-electron chi connectivity index (χ0n) is 11.3. The van der Waals surface area contributed by atoms with Gasteiger partial charge in [-0.2, -0.15) is 5.10 Å². The summed E-state index contributed by atoms with van der Waals surface area (Å²) in [6.45, 7) is 4.75. The summed E-state index contributed by atoms with van der Waals surface area (Å²) < 4.78 is 7.23. The van der Waals surface area contributed by atoms with E-state index in [-0.39, 0.29) is 6.04 Å². The van der Waals surface area contributed by atoms with Crippen molar-refractivity contribution in [3.63, 3.8) is 0 Å². The van der Waals surface area contributed by atoms with Gasteiger partial charge in [-0.3, -0.25) is 4.68 Å². The molecule has 4 nitrogen and oxygen atoms in total. The van der Waals surface area contributed by atoms with Crippen LogP contribution < -0.4 is 10.5 Å². The first-order chi connectivity index (χ1) is 9.08. The summed E-state index contributed by atoms with van der Waals surface area (Å²) in [7, 11) is 1.66. The molecule has 0 aliphatic heterocycles. The van der Waals surface area contributed by atoms with E-state index in [0.29, 0.717) is 11.4 Å². The zero-order chi connectivity index (χ0) is 14.0. The van der Waals surface area contributed by atoms with Gasteiger partial charge in [0, 0.05) is 19.0 Å². The lowest BCUT2D eigenvalue weighted by atomic mass is 10.1. The van der Waals surface area contributed by atoms with E-state index >= 15 is 0 Å². The molecule has 0 aliphatic carbocycles. The number of hydrogen-bond donors (Lipinski definition) is 1. The van der Waals surface area contributed by atoms with Gasteiger partial charge in [-0.25, -0.2) is 0 Å². The first-order valence-electron chi connectivity index (χ1n) is 6.17. The van der Waals surface area contributed by atoms with E-state index in [1.807, 2.05) is 30.0 Å². The summed E-state index contributed by atoms with van der Waals surface area (Å²) in [4.78, 5) is 1.04. The second-order valence-corrected chi connectivity index (χ2v) is 5.65. The van der Waals surface area contributed by atoms with Crippen LogP contribution >= 0.6 is 22.9 Å². The Morgan fingerprint density at radius 3 is 2.95 bits per heavy atom. The maximum absolute atomic E-state index is 6.31. The Hall–Kier alpha value is -1.04. The van der Waals surface area contributed by atoms with Crippen LogP contribution in [0.4, 0.5) is 0 Å². The van der Waals surface area contributed by atoms with Crippen LogP contribution in [0.1, 0.15) is 29.2 Å². The van der Waals surface area contributed by atoms with Crippen molar-refractivity contribution in [1.82, 2.24) is 9.78 Å². The first-order valence-corrected chi connectivity index (χ1v) is 7.43. The molecule has 0 fully saturated rings. The highest BCUT2D eigenvalue weighted by Crippen LogP contribution is 2.33. The summed E-state index contributed by atoms with van der Waals surface area (Å²) in [5.74, 6) is 0.841. The van der Waals surface area contributed by atoms with Gasteiger partial charge in [-0.05, 0) is 25.3 Å². The molecule has 0 aliphatic rings. The second-order valence-electron chi connectivity index (χ2n) is 4.33. The molecule has 0 saturated carbocycles. The quantitative estimate of drug-likeness (QED) is 0.922. The standard InChI is InChI=1S/C13H18ClN3OS/c1-4-17-10(12(14)8(2)16-17)7-9(15)13-11(18-3)5-6-19-13/h5-6,9H,4,7,15H2,1-3H3. The van der Waals surface area contributed by atoms with Crippen molar-refractivity contribution in [2.24, 2.45) is 5.73 Å². The van der Waals surface area contributed by atoms with Crippen LogP contribution in [0.2, 0.25) is 5.02 Å². The lowest BCUT2D eigenvalue weighted by Crippen LogP contribution is -2.16. The van der Waals surface area contributed by atoms with Gasteiger partial charge in [0.25, 0.3) is 0 Å². The molecule has 0 spiro atoms. The van der Waals surface area contributed by atoms with Crippen molar-refractivity contribution >= 4 is 22.9 Å². The van der Waals surface area contributed by atoms with Crippen molar-refractivity contribution in [3.8, 4) is 5.75 Å². The molecule has 0 bridgehead atoms. The minimum atomic E-state index is -0.131. The van der Waals surface area contributed by atoms with Crippen LogP contribution in [0, 0.1) is 6.92 Å². The summed E-state index contributed by atoms with van der Waals surface area (Å²) >= 11 is 7.91. The van der Waals surface area contributed by atoms with Gasteiger partial charge in [0.15, 0.2) is 0 Å². The first kappa shape index (κ1) is 14.4. The number of hydrogen-bond acceptors (Lipinski definition) is 4. The van der Waals surface area contributed by atoms with Crippen LogP contribution in [0.3, 0.4) is 0 Å². The smallest absolute Gasteiger partial charge is 0.134 e. The summed E-state index contributed by atoms with van der Waals surface area (Å²) in [5, 5.41) is 7.11. The third kappa shape index (κ3) is 2.78. The van der Waals surface area contributed by atoms with Gasteiger partial charge >= 0.3 is 0 Å². The zero-order valence-corrected chi connectivity index (χ0v) is 12.9. The van der Waals surface area contributed by atoms with E-state index in [9.17, 15) is 0 Å². The number of methoxy groups -OCH3 is 1. The number of nitrogens with two attached hydrogens (primary N) is 1. The number of ether oxygens (including phenoxy) is 1. The molecule has 1 unspecified atom stereocenters. The van der Waals surface area contributed by atoms with E-state index in [2.05, 4.69) is 5.10 Å². The lowest BCUT2D eigenvalue weighted by molar-refractivity contribution is 0.408. The van der Waals surface area contributed by atoms with E-state index in [4.69, 9.17) is 22.1 Å². The molecule has 2 N–H and O–H groups in total. The fraction of sp³-hybridized carbons (Fsp3) is 0.462. The SMILES string of the molecule is CCn1nc(C)c(Cl)c1CC(N)c1sccc1OC. The highest BCUT2D eigenvalue weighted by molar-refractivity contribution is 7.10. The largest absolute Gasteiger partial charge is 0.496 e. The van der Waals surface area contributed by atoms with Crippen molar-refractivity contribution in [2.45, 2.75) is 32.9 Å². The number of halogens is 1. The number of nitrogens with zero attached hydrogens (tertiary/aromatic N) is 2.